The van der Waals surface area contributed by atoms with E-state index in [2.05, 4.69) is 15.9 Å². The first-order valence-corrected chi connectivity index (χ1v) is 9.12. The highest BCUT2D eigenvalue weighted by molar-refractivity contribution is 5.97. The van der Waals surface area contributed by atoms with Crippen LogP contribution in [0.25, 0.3) is 0 Å². The third-order valence-electron chi connectivity index (χ3n) is 5.04. The summed E-state index contributed by atoms with van der Waals surface area (Å²) in [7, 11) is 1.71. The predicted molar refractivity (Wildman–Crippen MR) is 104 cm³/mol. The van der Waals surface area contributed by atoms with Gasteiger partial charge in [0.1, 0.15) is 5.75 Å². The Hall–Kier alpha value is -1.79. The summed E-state index contributed by atoms with van der Waals surface area (Å²) in [5, 5.41) is 0. The quantitative estimate of drug-likeness (QED) is 0.707. The van der Waals surface area contributed by atoms with E-state index in [1.54, 1.807) is 7.11 Å². The van der Waals surface area contributed by atoms with Crippen LogP contribution in [0, 0.1) is 0 Å². The van der Waals surface area contributed by atoms with Crippen LogP contribution in [0.3, 0.4) is 0 Å². The molecule has 2 amide bonds. The molecule has 2 aliphatic rings. The first kappa shape index (κ1) is 20.5. The van der Waals surface area contributed by atoms with Crippen LogP contribution < -0.4 is 9.64 Å². The third-order valence-corrected chi connectivity index (χ3v) is 5.04. The van der Waals surface area contributed by atoms with Crippen molar-refractivity contribution in [2.45, 2.75) is 25.7 Å². The highest BCUT2D eigenvalue weighted by Gasteiger charge is 2.25. The molecule has 1 aromatic rings. The van der Waals surface area contributed by atoms with Gasteiger partial charge in [-0.2, -0.15) is 0 Å². The van der Waals surface area contributed by atoms with Crippen molar-refractivity contribution in [3.63, 3.8) is 0 Å². The van der Waals surface area contributed by atoms with Gasteiger partial charge in [0.15, 0.2) is 0 Å². The zero-order valence-corrected chi connectivity index (χ0v) is 16.2. The molecule has 0 atom stereocenters. The van der Waals surface area contributed by atoms with Crippen LogP contribution in [0.2, 0.25) is 0 Å². The monoisotopic (exact) mass is 381 g/mol. The van der Waals surface area contributed by atoms with Gasteiger partial charge in [-0.25, -0.2) is 0 Å². The van der Waals surface area contributed by atoms with Crippen LogP contribution >= 0.6 is 12.4 Å². The molecule has 0 aliphatic carbocycles. The summed E-state index contributed by atoms with van der Waals surface area (Å²) in [6, 6.07) is 8.12. The molecule has 0 unspecified atom stereocenters. The van der Waals surface area contributed by atoms with Gasteiger partial charge in [-0.05, 0) is 31.5 Å². The van der Waals surface area contributed by atoms with E-state index in [1.165, 1.54) is 4.90 Å². The van der Waals surface area contributed by atoms with Crippen molar-refractivity contribution in [2.24, 2.45) is 0 Å². The average molecular weight is 382 g/mol. The molecule has 2 saturated heterocycles. The highest BCUT2D eigenvalue weighted by atomic mass is 35.5. The number of rotatable bonds is 6. The van der Waals surface area contributed by atoms with Gasteiger partial charge in [-0.15, -0.1) is 12.4 Å². The number of para-hydroxylation sites is 2. The summed E-state index contributed by atoms with van der Waals surface area (Å²) < 4.78 is 5.45. The van der Waals surface area contributed by atoms with Crippen LogP contribution in [0.5, 0.6) is 5.75 Å². The lowest BCUT2D eigenvalue weighted by Crippen LogP contribution is -2.47. The number of ether oxygens (including phenoxy) is 1. The fourth-order valence-electron chi connectivity index (χ4n) is 3.61. The molecule has 2 aliphatic heterocycles. The lowest BCUT2D eigenvalue weighted by atomic mass is 10.1. The van der Waals surface area contributed by atoms with E-state index in [9.17, 15) is 9.59 Å². The molecule has 7 heteroatoms. The maximum absolute atomic E-state index is 11.8. The number of halogens is 1. The van der Waals surface area contributed by atoms with E-state index < -0.39 is 0 Å². The first-order valence-electron chi connectivity index (χ1n) is 9.12. The van der Waals surface area contributed by atoms with Gasteiger partial charge in [0.25, 0.3) is 0 Å². The largest absolute Gasteiger partial charge is 0.495 e. The normalized spacial score (nSPS) is 18.7. The summed E-state index contributed by atoms with van der Waals surface area (Å²) in [5.41, 5.74) is 1.15. The lowest BCUT2D eigenvalue weighted by molar-refractivity contribution is -0.148. The highest BCUT2D eigenvalue weighted by Crippen LogP contribution is 2.28. The van der Waals surface area contributed by atoms with Crippen molar-refractivity contribution in [2.75, 3.05) is 51.3 Å². The fourth-order valence-corrected chi connectivity index (χ4v) is 3.61. The fraction of sp³-hybridized carbons (Fsp3) is 0.579. The molecule has 0 saturated carbocycles. The second-order valence-electron chi connectivity index (χ2n) is 6.65. The van der Waals surface area contributed by atoms with E-state index in [0.717, 1.165) is 50.6 Å². The van der Waals surface area contributed by atoms with Crippen molar-refractivity contribution >= 4 is 29.9 Å². The standard InChI is InChI=1S/C19H27N3O3.ClH/c1-25-17-7-3-2-6-16(17)21-14-12-20(13-15-21)10-5-11-22-18(23)8-4-9-19(22)24;/h2-3,6-7H,4-5,8-15H2,1H3;1H. The third kappa shape index (κ3) is 4.89. The number of likely N-dealkylation sites (tertiary alicyclic amines) is 1. The number of carbonyl (C=O) groups is 2. The number of methoxy groups -OCH3 is 1. The Bertz CT molecular complexity index is 602. The predicted octanol–water partition coefficient (Wildman–Crippen LogP) is 2.17. The molecular weight excluding hydrogens is 354 g/mol. The number of piperazine rings is 1. The van der Waals surface area contributed by atoms with Crippen molar-refractivity contribution in [1.82, 2.24) is 9.80 Å². The van der Waals surface area contributed by atoms with Gasteiger partial charge < -0.3 is 9.64 Å². The zero-order chi connectivity index (χ0) is 17.6. The number of anilines is 1. The Morgan fingerprint density at radius 1 is 0.962 bits per heavy atom. The maximum Gasteiger partial charge on any atom is 0.229 e. The van der Waals surface area contributed by atoms with Gasteiger partial charge >= 0.3 is 0 Å². The van der Waals surface area contributed by atoms with E-state index in [4.69, 9.17) is 4.74 Å². The van der Waals surface area contributed by atoms with Crippen molar-refractivity contribution in [1.29, 1.82) is 0 Å². The molecule has 1 aromatic carbocycles. The number of imide groups is 1. The van der Waals surface area contributed by atoms with Crippen molar-refractivity contribution in [3.8, 4) is 5.75 Å². The summed E-state index contributed by atoms with van der Waals surface area (Å²) in [6.07, 6.45) is 2.60. The first-order chi connectivity index (χ1) is 12.2. The second kappa shape index (κ2) is 9.78. The molecule has 0 N–H and O–H groups in total. The lowest BCUT2D eigenvalue weighted by Gasteiger charge is -2.37. The minimum absolute atomic E-state index is 0. The summed E-state index contributed by atoms with van der Waals surface area (Å²) in [4.78, 5) is 29.9. The average Bonchev–Trinajstić information content (AvgIpc) is 2.65. The molecule has 0 aromatic heterocycles. The number of benzene rings is 1. The Labute approximate surface area is 161 Å². The Kier molecular flexibility index (Phi) is 7.72. The van der Waals surface area contributed by atoms with Crippen LogP contribution in [-0.2, 0) is 9.59 Å². The SMILES string of the molecule is COc1ccccc1N1CCN(CCCN2C(=O)CCCC2=O)CC1.Cl. The smallest absolute Gasteiger partial charge is 0.229 e. The number of piperidine rings is 1. The van der Waals surface area contributed by atoms with E-state index in [-0.39, 0.29) is 24.2 Å². The van der Waals surface area contributed by atoms with Gasteiger partial charge in [0, 0.05) is 45.6 Å². The molecular formula is C19H28ClN3O3. The van der Waals surface area contributed by atoms with E-state index >= 15 is 0 Å². The Morgan fingerprint density at radius 2 is 1.62 bits per heavy atom. The summed E-state index contributed by atoms with van der Waals surface area (Å²) >= 11 is 0. The number of hydrogen-bond donors (Lipinski definition) is 0. The number of nitrogens with zero attached hydrogens (tertiary/aromatic N) is 3. The van der Waals surface area contributed by atoms with Crippen molar-refractivity contribution < 1.29 is 14.3 Å². The van der Waals surface area contributed by atoms with Crippen LogP contribution in [0.1, 0.15) is 25.7 Å². The van der Waals surface area contributed by atoms with Crippen molar-refractivity contribution in [3.05, 3.63) is 24.3 Å². The molecule has 2 fully saturated rings. The minimum Gasteiger partial charge on any atom is -0.495 e. The minimum atomic E-state index is -0.00255. The zero-order valence-electron chi connectivity index (χ0n) is 15.4. The van der Waals surface area contributed by atoms with Gasteiger partial charge in [-0.1, -0.05) is 12.1 Å². The second-order valence-corrected chi connectivity index (χ2v) is 6.65. The molecule has 6 nitrogen and oxygen atoms in total. The van der Waals surface area contributed by atoms with Crippen LogP contribution in [0.15, 0.2) is 24.3 Å². The molecule has 3 rings (SSSR count). The van der Waals surface area contributed by atoms with Crippen LogP contribution in [0.4, 0.5) is 5.69 Å². The summed E-state index contributed by atoms with van der Waals surface area (Å²) in [6.45, 7) is 5.38. The van der Waals surface area contributed by atoms with E-state index in [1.807, 2.05) is 18.2 Å². The molecule has 144 valence electrons. The van der Waals surface area contributed by atoms with Crippen LogP contribution in [-0.4, -0.2) is 68.0 Å². The summed E-state index contributed by atoms with van der Waals surface area (Å²) in [5.74, 6) is 0.910. The molecule has 2 heterocycles. The van der Waals surface area contributed by atoms with E-state index in [0.29, 0.717) is 25.8 Å². The number of hydrogen-bond acceptors (Lipinski definition) is 5. The van der Waals surface area contributed by atoms with Gasteiger partial charge in [0.2, 0.25) is 11.8 Å². The number of carbonyl (C=O) groups excluding carboxylic acids is 2. The Balaban J connectivity index is 0.00000243. The molecule has 0 radical (unpaired) electrons. The Morgan fingerprint density at radius 3 is 2.27 bits per heavy atom. The van der Waals surface area contributed by atoms with Gasteiger partial charge in [-0.3, -0.25) is 19.4 Å². The molecule has 0 bridgehead atoms. The molecule has 0 spiro atoms. The molecule has 26 heavy (non-hydrogen) atoms. The topological polar surface area (TPSA) is 53.1 Å². The van der Waals surface area contributed by atoms with Gasteiger partial charge in [0.05, 0.1) is 12.8 Å². The number of amides is 2. The maximum atomic E-state index is 11.8.